The molecule has 2 aromatic rings. The van der Waals surface area contributed by atoms with Gasteiger partial charge in [0.05, 0.1) is 16.9 Å². The highest BCUT2D eigenvalue weighted by atomic mass is 35.5. The van der Waals surface area contributed by atoms with Crippen molar-refractivity contribution in [2.45, 2.75) is 39.8 Å². The predicted molar refractivity (Wildman–Crippen MR) is 81.3 cm³/mol. The van der Waals surface area contributed by atoms with Gasteiger partial charge >= 0.3 is 0 Å². The maximum atomic E-state index is 12.0. The highest BCUT2D eigenvalue weighted by molar-refractivity contribution is 6.31. The molecule has 2 heterocycles. The van der Waals surface area contributed by atoms with Gasteiger partial charge in [-0.15, -0.1) is 0 Å². The monoisotopic (exact) mass is 309 g/mol. The van der Waals surface area contributed by atoms with Crippen molar-refractivity contribution in [3.8, 4) is 0 Å². The van der Waals surface area contributed by atoms with Gasteiger partial charge in [-0.05, 0) is 32.8 Å². The average molecular weight is 310 g/mol. The summed E-state index contributed by atoms with van der Waals surface area (Å²) in [6, 6.07) is -0.372. The fourth-order valence-electron chi connectivity index (χ4n) is 1.97. The molecule has 1 amide bonds. The SMILES string of the molecule is Cc1cnn(CCCNC(=O)C(C)n2cc(Cl)c(C)n2)c1. The van der Waals surface area contributed by atoms with Crippen LogP contribution in [0.2, 0.25) is 5.02 Å². The third-order valence-corrected chi connectivity index (χ3v) is 3.63. The van der Waals surface area contributed by atoms with E-state index in [-0.39, 0.29) is 11.9 Å². The van der Waals surface area contributed by atoms with Gasteiger partial charge in [0.1, 0.15) is 6.04 Å². The Morgan fingerprint density at radius 3 is 2.76 bits per heavy atom. The Balaban J connectivity index is 1.76. The Morgan fingerprint density at radius 1 is 1.43 bits per heavy atom. The van der Waals surface area contributed by atoms with Gasteiger partial charge in [0, 0.05) is 25.5 Å². The van der Waals surface area contributed by atoms with Crippen LogP contribution in [-0.4, -0.2) is 32.0 Å². The molecule has 0 aliphatic rings. The maximum Gasteiger partial charge on any atom is 0.244 e. The minimum atomic E-state index is -0.372. The number of carbonyl (C=O) groups excluding carboxylic acids is 1. The van der Waals surface area contributed by atoms with E-state index in [2.05, 4.69) is 15.5 Å². The third kappa shape index (κ3) is 4.07. The molecule has 0 saturated heterocycles. The summed E-state index contributed by atoms with van der Waals surface area (Å²) in [5, 5.41) is 11.9. The summed E-state index contributed by atoms with van der Waals surface area (Å²) in [6.07, 6.45) is 6.32. The molecule has 0 aliphatic carbocycles. The minimum Gasteiger partial charge on any atom is -0.354 e. The van der Waals surface area contributed by atoms with E-state index in [0.717, 1.165) is 24.2 Å². The van der Waals surface area contributed by atoms with E-state index in [1.165, 1.54) is 0 Å². The molecule has 1 N–H and O–H groups in total. The molecule has 0 fully saturated rings. The summed E-state index contributed by atoms with van der Waals surface area (Å²) in [5.74, 6) is -0.0641. The molecular formula is C14H20ClN5O. The number of nitrogens with zero attached hydrogens (tertiary/aromatic N) is 4. The Kier molecular flexibility index (Phi) is 5.01. The number of aryl methyl sites for hydroxylation is 3. The van der Waals surface area contributed by atoms with Crippen LogP contribution in [0.15, 0.2) is 18.6 Å². The molecule has 2 rings (SSSR count). The first-order valence-electron chi connectivity index (χ1n) is 6.95. The first kappa shape index (κ1) is 15.6. The van der Waals surface area contributed by atoms with Crippen LogP contribution in [0.3, 0.4) is 0 Å². The molecule has 0 aromatic carbocycles. The lowest BCUT2D eigenvalue weighted by Gasteiger charge is -2.12. The van der Waals surface area contributed by atoms with Gasteiger partial charge < -0.3 is 5.32 Å². The van der Waals surface area contributed by atoms with Crippen molar-refractivity contribution < 1.29 is 4.79 Å². The third-order valence-electron chi connectivity index (χ3n) is 3.26. The van der Waals surface area contributed by atoms with Crippen LogP contribution in [0.5, 0.6) is 0 Å². The second-order valence-corrected chi connectivity index (χ2v) is 5.55. The number of hydrogen-bond donors (Lipinski definition) is 1. The van der Waals surface area contributed by atoms with Gasteiger partial charge in [-0.2, -0.15) is 10.2 Å². The maximum absolute atomic E-state index is 12.0. The summed E-state index contributed by atoms with van der Waals surface area (Å²) in [7, 11) is 0. The topological polar surface area (TPSA) is 64.7 Å². The first-order chi connectivity index (χ1) is 9.97. The summed E-state index contributed by atoms with van der Waals surface area (Å²) in [6.45, 7) is 7.01. The van der Waals surface area contributed by atoms with Crippen molar-refractivity contribution in [2.24, 2.45) is 0 Å². The van der Waals surface area contributed by atoms with Crippen molar-refractivity contribution in [2.75, 3.05) is 6.54 Å². The van der Waals surface area contributed by atoms with Crippen molar-refractivity contribution >= 4 is 17.5 Å². The quantitative estimate of drug-likeness (QED) is 0.831. The van der Waals surface area contributed by atoms with Crippen LogP contribution < -0.4 is 5.32 Å². The number of amides is 1. The second kappa shape index (κ2) is 6.76. The van der Waals surface area contributed by atoms with Gasteiger partial charge in [-0.1, -0.05) is 11.6 Å². The first-order valence-corrected chi connectivity index (χ1v) is 7.33. The smallest absolute Gasteiger partial charge is 0.244 e. The van der Waals surface area contributed by atoms with E-state index in [4.69, 9.17) is 11.6 Å². The van der Waals surface area contributed by atoms with E-state index in [0.29, 0.717) is 11.6 Å². The van der Waals surface area contributed by atoms with Crippen molar-refractivity contribution in [3.05, 3.63) is 34.9 Å². The van der Waals surface area contributed by atoms with Crippen molar-refractivity contribution in [3.63, 3.8) is 0 Å². The average Bonchev–Trinajstić information content (AvgIpc) is 3.00. The largest absolute Gasteiger partial charge is 0.354 e. The number of aromatic nitrogens is 4. The Hall–Kier alpha value is -1.82. The number of carbonyl (C=O) groups is 1. The number of hydrogen-bond acceptors (Lipinski definition) is 3. The molecule has 6 nitrogen and oxygen atoms in total. The van der Waals surface area contributed by atoms with Crippen LogP contribution in [0.4, 0.5) is 0 Å². The van der Waals surface area contributed by atoms with E-state index in [1.54, 1.807) is 17.8 Å². The molecule has 0 aliphatic heterocycles. The summed E-state index contributed by atoms with van der Waals surface area (Å²) < 4.78 is 3.46. The van der Waals surface area contributed by atoms with Gasteiger partial charge in [-0.25, -0.2) is 0 Å². The van der Waals surface area contributed by atoms with Crippen LogP contribution >= 0.6 is 11.6 Å². The molecule has 21 heavy (non-hydrogen) atoms. The van der Waals surface area contributed by atoms with Crippen molar-refractivity contribution in [1.29, 1.82) is 0 Å². The number of rotatable bonds is 6. The molecule has 1 unspecified atom stereocenters. The van der Waals surface area contributed by atoms with Gasteiger partial charge in [0.25, 0.3) is 0 Å². The standard InChI is InChI=1S/C14H20ClN5O/c1-10-7-17-19(8-10)6-4-5-16-14(21)12(3)20-9-13(15)11(2)18-20/h7-9,12H,4-6H2,1-3H3,(H,16,21). The predicted octanol–water partition coefficient (Wildman–Crippen LogP) is 2.12. The highest BCUT2D eigenvalue weighted by Gasteiger charge is 2.16. The van der Waals surface area contributed by atoms with Crippen LogP contribution in [-0.2, 0) is 11.3 Å². The van der Waals surface area contributed by atoms with E-state index in [9.17, 15) is 4.79 Å². The Bertz CT molecular complexity index is 599. The normalized spacial score (nSPS) is 12.4. The van der Waals surface area contributed by atoms with Crippen LogP contribution in [0.25, 0.3) is 0 Å². The zero-order valence-corrected chi connectivity index (χ0v) is 13.3. The lowest BCUT2D eigenvalue weighted by atomic mass is 10.3. The highest BCUT2D eigenvalue weighted by Crippen LogP contribution is 2.15. The molecule has 0 spiro atoms. The molecule has 0 radical (unpaired) electrons. The second-order valence-electron chi connectivity index (χ2n) is 5.14. The zero-order chi connectivity index (χ0) is 15.4. The fraction of sp³-hybridized carbons (Fsp3) is 0.500. The molecule has 7 heteroatoms. The fourth-order valence-corrected chi connectivity index (χ4v) is 2.11. The van der Waals surface area contributed by atoms with Gasteiger partial charge in [-0.3, -0.25) is 14.2 Å². The van der Waals surface area contributed by atoms with E-state index >= 15 is 0 Å². The van der Waals surface area contributed by atoms with Gasteiger partial charge in [0.2, 0.25) is 5.91 Å². The number of nitrogens with one attached hydrogen (secondary N) is 1. The van der Waals surface area contributed by atoms with E-state index < -0.39 is 0 Å². The van der Waals surface area contributed by atoms with E-state index in [1.807, 2.05) is 30.9 Å². The molecule has 114 valence electrons. The lowest BCUT2D eigenvalue weighted by Crippen LogP contribution is -2.32. The minimum absolute atomic E-state index is 0.0641. The molecule has 1 atom stereocenters. The van der Waals surface area contributed by atoms with Crippen LogP contribution in [0, 0.1) is 13.8 Å². The Labute approximate surface area is 129 Å². The molecule has 0 saturated carbocycles. The van der Waals surface area contributed by atoms with Gasteiger partial charge in [0.15, 0.2) is 0 Å². The molecular weight excluding hydrogens is 290 g/mol. The number of halogens is 1. The summed E-state index contributed by atoms with van der Waals surface area (Å²) >= 11 is 5.95. The zero-order valence-electron chi connectivity index (χ0n) is 12.5. The molecule has 0 bridgehead atoms. The molecule has 2 aromatic heterocycles. The van der Waals surface area contributed by atoms with Crippen molar-refractivity contribution in [1.82, 2.24) is 24.9 Å². The summed E-state index contributed by atoms with van der Waals surface area (Å²) in [5.41, 5.74) is 1.86. The lowest BCUT2D eigenvalue weighted by molar-refractivity contribution is -0.124. The Morgan fingerprint density at radius 2 is 2.19 bits per heavy atom. The summed E-state index contributed by atoms with van der Waals surface area (Å²) in [4.78, 5) is 12.0. The van der Waals surface area contributed by atoms with Crippen LogP contribution in [0.1, 0.15) is 30.6 Å².